The van der Waals surface area contributed by atoms with Gasteiger partial charge >= 0.3 is 0 Å². The predicted molar refractivity (Wildman–Crippen MR) is 92.9 cm³/mol. The molecule has 132 valence electrons. The Morgan fingerprint density at radius 2 is 1.61 bits per heavy atom. The molecule has 4 rings (SSSR count). The van der Waals surface area contributed by atoms with Crippen LogP contribution in [-0.2, 0) is 0 Å². The molecule has 2 nitrogen and oxygen atoms in total. The Balaban J connectivity index is 1.54. The molecule has 23 heavy (non-hydrogen) atoms. The maximum Gasteiger partial charge on any atom is 0.0622 e. The summed E-state index contributed by atoms with van der Waals surface area (Å²) in [5, 5.41) is 20.7. The zero-order valence-electron chi connectivity index (χ0n) is 15.3. The minimum Gasteiger partial charge on any atom is -0.393 e. The van der Waals surface area contributed by atoms with Crippen molar-refractivity contribution < 1.29 is 10.2 Å². The number of hydrogen-bond donors (Lipinski definition) is 2. The van der Waals surface area contributed by atoms with Crippen LogP contribution in [0.15, 0.2) is 0 Å². The lowest BCUT2D eigenvalue weighted by atomic mass is 9.49. The topological polar surface area (TPSA) is 40.5 Å². The van der Waals surface area contributed by atoms with E-state index >= 15 is 0 Å². The van der Waals surface area contributed by atoms with E-state index in [1.165, 1.54) is 44.9 Å². The van der Waals surface area contributed by atoms with Crippen molar-refractivity contribution in [3.63, 3.8) is 0 Å². The van der Waals surface area contributed by atoms with Crippen LogP contribution in [0.4, 0.5) is 0 Å². The molecule has 0 saturated heterocycles. The van der Waals surface area contributed by atoms with E-state index in [0.717, 1.165) is 42.4 Å². The molecule has 0 heterocycles. The van der Waals surface area contributed by atoms with Crippen LogP contribution >= 0.6 is 0 Å². The fourth-order valence-corrected chi connectivity index (χ4v) is 7.91. The van der Waals surface area contributed by atoms with Gasteiger partial charge < -0.3 is 10.2 Å². The Bertz CT molecular complexity index is 457. The predicted octanol–water partition coefficient (Wildman–Crippen LogP) is 4.39. The second kappa shape index (κ2) is 5.46. The Kier molecular flexibility index (Phi) is 3.89. The van der Waals surface area contributed by atoms with Gasteiger partial charge in [-0.2, -0.15) is 0 Å². The number of aliphatic hydroxyl groups is 2. The van der Waals surface area contributed by atoms with Gasteiger partial charge in [-0.15, -0.1) is 0 Å². The average Bonchev–Trinajstić information content (AvgIpc) is 2.83. The molecule has 0 spiro atoms. The molecule has 4 aliphatic carbocycles. The number of rotatable bonds is 1. The lowest BCUT2D eigenvalue weighted by molar-refractivity contribution is -0.106. The van der Waals surface area contributed by atoms with E-state index < -0.39 is 5.60 Å². The zero-order chi connectivity index (χ0) is 16.4. The highest BCUT2D eigenvalue weighted by atomic mass is 16.3. The van der Waals surface area contributed by atoms with Crippen molar-refractivity contribution in [2.75, 3.05) is 0 Å². The van der Waals surface area contributed by atoms with Crippen molar-refractivity contribution >= 4 is 0 Å². The fourth-order valence-electron chi connectivity index (χ4n) is 7.91. The number of fused-ring (bicyclic) bond motifs is 5. The molecule has 0 aromatic rings. The van der Waals surface area contributed by atoms with Crippen molar-refractivity contribution in [3.05, 3.63) is 0 Å². The van der Waals surface area contributed by atoms with Crippen molar-refractivity contribution in [2.24, 2.45) is 40.9 Å². The molecule has 2 unspecified atom stereocenters. The third kappa shape index (κ3) is 2.51. The van der Waals surface area contributed by atoms with Gasteiger partial charge in [0.1, 0.15) is 0 Å². The molecule has 9 atom stereocenters. The molecule has 0 aromatic carbocycles. The zero-order valence-corrected chi connectivity index (χ0v) is 15.3. The average molecular weight is 321 g/mol. The molecular weight excluding hydrogens is 284 g/mol. The second-order valence-electron chi connectivity index (χ2n) is 10.1. The summed E-state index contributed by atoms with van der Waals surface area (Å²) in [5.74, 6) is 4.85. The molecular formula is C21H36O2. The lowest BCUT2D eigenvalue weighted by Gasteiger charge is -2.57. The van der Waals surface area contributed by atoms with E-state index in [1.807, 2.05) is 6.92 Å². The molecule has 4 aliphatic rings. The maximum atomic E-state index is 10.5. The standard InChI is InChI=1S/C21H36O2/c1-13(22)18-6-7-19-17-5-4-14-12-20(2,23)10-8-15(14)16(17)9-11-21(18,19)3/h13-19,22-23H,4-12H2,1-3H3/t13?,14-,15-,16+,17+,18?,19-,20-,21+/m0/s1. The second-order valence-corrected chi connectivity index (χ2v) is 10.1. The monoisotopic (exact) mass is 320 g/mol. The molecule has 0 aromatic heterocycles. The molecule has 0 amide bonds. The highest BCUT2D eigenvalue weighted by molar-refractivity contribution is 5.07. The van der Waals surface area contributed by atoms with Gasteiger partial charge in [0, 0.05) is 0 Å². The van der Waals surface area contributed by atoms with Crippen LogP contribution in [0.3, 0.4) is 0 Å². The van der Waals surface area contributed by atoms with E-state index in [2.05, 4.69) is 13.8 Å². The van der Waals surface area contributed by atoms with Gasteiger partial charge in [0.25, 0.3) is 0 Å². The van der Waals surface area contributed by atoms with Crippen molar-refractivity contribution in [1.29, 1.82) is 0 Å². The normalized spacial score (nSPS) is 57.3. The first-order chi connectivity index (χ1) is 10.8. The van der Waals surface area contributed by atoms with E-state index in [-0.39, 0.29) is 6.10 Å². The van der Waals surface area contributed by atoms with Gasteiger partial charge in [0.15, 0.2) is 0 Å². The number of hydrogen-bond acceptors (Lipinski definition) is 2. The van der Waals surface area contributed by atoms with E-state index in [4.69, 9.17) is 0 Å². The maximum absolute atomic E-state index is 10.5. The third-order valence-electron chi connectivity index (χ3n) is 8.89. The highest BCUT2D eigenvalue weighted by Gasteiger charge is 2.58. The summed E-state index contributed by atoms with van der Waals surface area (Å²) in [6, 6.07) is 0. The number of aliphatic hydroxyl groups excluding tert-OH is 1. The van der Waals surface area contributed by atoms with Gasteiger partial charge in [0.2, 0.25) is 0 Å². The van der Waals surface area contributed by atoms with Gasteiger partial charge in [-0.3, -0.25) is 0 Å². The van der Waals surface area contributed by atoms with E-state index in [0.29, 0.717) is 11.3 Å². The van der Waals surface area contributed by atoms with Crippen LogP contribution in [0, 0.1) is 40.9 Å². The molecule has 0 aliphatic heterocycles. The van der Waals surface area contributed by atoms with Gasteiger partial charge in [-0.05, 0) is 113 Å². The van der Waals surface area contributed by atoms with Crippen LogP contribution < -0.4 is 0 Å². The molecule has 0 radical (unpaired) electrons. The van der Waals surface area contributed by atoms with Gasteiger partial charge in [-0.25, -0.2) is 0 Å². The summed E-state index contributed by atoms with van der Waals surface area (Å²) < 4.78 is 0. The summed E-state index contributed by atoms with van der Waals surface area (Å²) in [7, 11) is 0. The summed E-state index contributed by atoms with van der Waals surface area (Å²) in [6.07, 6.45) is 11.2. The van der Waals surface area contributed by atoms with Crippen LogP contribution in [0.5, 0.6) is 0 Å². The van der Waals surface area contributed by atoms with Crippen molar-refractivity contribution in [3.8, 4) is 0 Å². The van der Waals surface area contributed by atoms with Gasteiger partial charge in [0.05, 0.1) is 11.7 Å². The molecule has 2 N–H and O–H groups in total. The lowest BCUT2D eigenvalue weighted by Crippen LogP contribution is -2.51. The van der Waals surface area contributed by atoms with Crippen molar-refractivity contribution in [2.45, 2.75) is 90.3 Å². The highest BCUT2D eigenvalue weighted by Crippen LogP contribution is 2.65. The Morgan fingerprint density at radius 3 is 2.35 bits per heavy atom. The molecule has 2 heteroatoms. The summed E-state index contributed by atoms with van der Waals surface area (Å²) in [5.41, 5.74) is -0.00963. The fraction of sp³-hybridized carbons (Fsp3) is 1.00. The van der Waals surface area contributed by atoms with E-state index in [9.17, 15) is 10.2 Å². The Morgan fingerprint density at radius 1 is 0.870 bits per heavy atom. The summed E-state index contributed by atoms with van der Waals surface area (Å²) >= 11 is 0. The van der Waals surface area contributed by atoms with Crippen LogP contribution in [0.25, 0.3) is 0 Å². The van der Waals surface area contributed by atoms with Crippen LogP contribution in [0.2, 0.25) is 0 Å². The minimum atomic E-state index is -0.401. The third-order valence-corrected chi connectivity index (χ3v) is 8.89. The minimum absolute atomic E-state index is 0.136. The first-order valence-electron chi connectivity index (χ1n) is 10.2. The summed E-state index contributed by atoms with van der Waals surface area (Å²) in [6.45, 7) is 6.57. The SMILES string of the molecule is CC(O)C1CC[C@H]2[C@@H]3CC[C@H]4C[C@@](C)(O)CC[C@@H]4[C@H]3CC[C@]12C. The largest absolute Gasteiger partial charge is 0.393 e. The van der Waals surface area contributed by atoms with Crippen LogP contribution in [0.1, 0.15) is 78.6 Å². The Labute approximate surface area is 142 Å². The first kappa shape index (κ1) is 16.4. The molecule has 0 bridgehead atoms. The quantitative estimate of drug-likeness (QED) is 0.752. The summed E-state index contributed by atoms with van der Waals surface area (Å²) in [4.78, 5) is 0. The van der Waals surface area contributed by atoms with Crippen LogP contribution in [-0.4, -0.2) is 21.9 Å². The smallest absolute Gasteiger partial charge is 0.0622 e. The first-order valence-corrected chi connectivity index (χ1v) is 10.2. The van der Waals surface area contributed by atoms with Crippen molar-refractivity contribution in [1.82, 2.24) is 0 Å². The van der Waals surface area contributed by atoms with E-state index in [1.54, 1.807) is 0 Å². The molecule has 4 fully saturated rings. The molecule has 4 saturated carbocycles. The Hall–Kier alpha value is -0.0800. The van der Waals surface area contributed by atoms with Gasteiger partial charge in [-0.1, -0.05) is 6.92 Å².